The molecule has 0 saturated carbocycles. The lowest BCUT2D eigenvalue weighted by atomic mass is 10.1. The van der Waals surface area contributed by atoms with E-state index in [9.17, 15) is 4.79 Å². The van der Waals surface area contributed by atoms with Gasteiger partial charge >= 0.3 is 5.76 Å². The number of pyridine rings is 1. The second-order valence-corrected chi connectivity index (χ2v) is 7.75. The van der Waals surface area contributed by atoms with Crippen LogP contribution in [0, 0.1) is 0 Å². The largest absolute Gasteiger partial charge is 0.419 e. The quantitative estimate of drug-likeness (QED) is 0.516. The second kappa shape index (κ2) is 7.54. The standard InChI is InChI=1S/C22H21ClN4O2/c23-17-5-6-20-19(15-17)27(22(28)29-20)14-11-25-9-12-26(13-10-25)21-18-4-2-1-3-16(18)7-8-24-21/h1-8,15H,9-14H2. The summed E-state index contributed by atoms with van der Waals surface area (Å²) in [7, 11) is 0. The number of hydrogen-bond acceptors (Lipinski definition) is 5. The maximum atomic E-state index is 12.2. The second-order valence-electron chi connectivity index (χ2n) is 7.32. The van der Waals surface area contributed by atoms with Crippen molar-refractivity contribution in [3.8, 4) is 0 Å². The minimum absolute atomic E-state index is 0.333. The van der Waals surface area contributed by atoms with Crippen molar-refractivity contribution in [3.63, 3.8) is 0 Å². The zero-order chi connectivity index (χ0) is 19.8. The van der Waals surface area contributed by atoms with Crippen molar-refractivity contribution in [3.05, 3.63) is 70.3 Å². The molecule has 2 aromatic carbocycles. The van der Waals surface area contributed by atoms with Crippen molar-refractivity contribution in [2.75, 3.05) is 37.6 Å². The summed E-state index contributed by atoms with van der Waals surface area (Å²) >= 11 is 6.09. The minimum Gasteiger partial charge on any atom is -0.408 e. The molecule has 148 valence electrons. The zero-order valence-electron chi connectivity index (χ0n) is 15.9. The van der Waals surface area contributed by atoms with E-state index in [1.165, 1.54) is 10.8 Å². The molecular weight excluding hydrogens is 388 g/mol. The molecule has 7 heteroatoms. The minimum atomic E-state index is -0.333. The fraction of sp³-hybridized carbons (Fsp3) is 0.273. The number of rotatable bonds is 4. The van der Waals surface area contributed by atoms with E-state index in [-0.39, 0.29) is 5.76 Å². The number of fused-ring (bicyclic) bond motifs is 2. The summed E-state index contributed by atoms with van der Waals surface area (Å²) in [4.78, 5) is 21.6. The lowest BCUT2D eigenvalue weighted by Crippen LogP contribution is -2.47. The molecular formula is C22H21ClN4O2. The van der Waals surface area contributed by atoms with Crippen LogP contribution >= 0.6 is 11.6 Å². The van der Waals surface area contributed by atoms with Crippen LogP contribution in [0.15, 0.2) is 63.9 Å². The van der Waals surface area contributed by atoms with Crippen molar-refractivity contribution in [1.82, 2.24) is 14.5 Å². The predicted octanol–water partition coefficient (Wildman–Crippen LogP) is 3.62. The molecule has 0 atom stereocenters. The Bertz CT molecular complexity index is 1220. The Balaban J connectivity index is 1.27. The van der Waals surface area contributed by atoms with Gasteiger partial charge in [0.05, 0.1) is 5.52 Å². The van der Waals surface area contributed by atoms with Gasteiger partial charge in [-0.25, -0.2) is 9.78 Å². The monoisotopic (exact) mass is 408 g/mol. The summed E-state index contributed by atoms with van der Waals surface area (Å²) < 4.78 is 6.99. The lowest BCUT2D eigenvalue weighted by molar-refractivity contribution is 0.246. The molecule has 3 heterocycles. The van der Waals surface area contributed by atoms with Crippen LogP contribution in [0.4, 0.5) is 5.82 Å². The van der Waals surface area contributed by atoms with Gasteiger partial charge in [0.1, 0.15) is 5.82 Å². The lowest BCUT2D eigenvalue weighted by Gasteiger charge is -2.35. The number of hydrogen-bond donors (Lipinski definition) is 0. The highest BCUT2D eigenvalue weighted by molar-refractivity contribution is 6.31. The van der Waals surface area contributed by atoms with Gasteiger partial charge in [-0.15, -0.1) is 0 Å². The van der Waals surface area contributed by atoms with E-state index < -0.39 is 0 Å². The van der Waals surface area contributed by atoms with E-state index in [4.69, 9.17) is 16.0 Å². The van der Waals surface area contributed by atoms with Crippen molar-refractivity contribution in [2.45, 2.75) is 6.54 Å². The fourth-order valence-electron chi connectivity index (χ4n) is 4.03. The maximum absolute atomic E-state index is 12.2. The topological polar surface area (TPSA) is 54.5 Å². The van der Waals surface area contributed by atoms with E-state index in [1.807, 2.05) is 12.3 Å². The van der Waals surface area contributed by atoms with Crippen molar-refractivity contribution in [2.24, 2.45) is 0 Å². The van der Waals surface area contributed by atoms with Gasteiger partial charge in [0, 0.05) is 55.9 Å². The molecule has 0 radical (unpaired) electrons. The van der Waals surface area contributed by atoms with Crippen molar-refractivity contribution < 1.29 is 4.42 Å². The third-order valence-electron chi connectivity index (χ3n) is 5.59. The number of benzene rings is 2. The van der Waals surface area contributed by atoms with Gasteiger partial charge in [-0.1, -0.05) is 35.9 Å². The maximum Gasteiger partial charge on any atom is 0.419 e. The molecule has 0 aliphatic carbocycles. The van der Waals surface area contributed by atoms with Crippen LogP contribution in [-0.4, -0.2) is 47.2 Å². The van der Waals surface area contributed by atoms with Gasteiger partial charge in [0.2, 0.25) is 0 Å². The number of halogens is 1. The van der Waals surface area contributed by atoms with Gasteiger partial charge in [0.15, 0.2) is 5.58 Å². The first kappa shape index (κ1) is 18.2. The molecule has 1 aliphatic rings. The summed E-state index contributed by atoms with van der Waals surface area (Å²) in [5, 5.41) is 3.00. The van der Waals surface area contributed by atoms with Crippen LogP contribution < -0.4 is 10.7 Å². The van der Waals surface area contributed by atoms with Gasteiger partial charge in [-0.3, -0.25) is 9.47 Å². The first-order valence-electron chi connectivity index (χ1n) is 9.79. The third kappa shape index (κ3) is 3.50. The van der Waals surface area contributed by atoms with E-state index in [0.717, 1.165) is 44.1 Å². The molecule has 0 bridgehead atoms. The summed E-state index contributed by atoms with van der Waals surface area (Å²) in [6.07, 6.45) is 1.88. The SMILES string of the molecule is O=c1oc2ccc(Cl)cc2n1CCN1CCN(c2nccc3ccccc23)CC1. The van der Waals surface area contributed by atoms with E-state index in [2.05, 4.69) is 39.0 Å². The number of oxazole rings is 1. The number of aromatic nitrogens is 2. The van der Waals surface area contributed by atoms with Crippen LogP contribution in [0.5, 0.6) is 0 Å². The zero-order valence-corrected chi connectivity index (χ0v) is 16.7. The average molecular weight is 409 g/mol. The molecule has 5 rings (SSSR count). The molecule has 0 spiro atoms. The van der Waals surface area contributed by atoms with E-state index >= 15 is 0 Å². The Hall–Kier alpha value is -2.83. The number of nitrogens with zero attached hydrogens (tertiary/aromatic N) is 4. The highest BCUT2D eigenvalue weighted by Crippen LogP contribution is 2.25. The molecule has 2 aromatic heterocycles. The van der Waals surface area contributed by atoms with E-state index in [0.29, 0.717) is 17.2 Å². The third-order valence-corrected chi connectivity index (χ3v) is 5.83. The van der Waals surface area contributed by atoms with Gasteiger partial charge in [-0.05, 0) is 29.7 Å². The van der Waals surface area contributed by atoms with Crippen LogP contribution in [0.3, 0.4) is 0 Å². The van der Waals surface area contributed by atoms with E-state index in [1.54, 1.807) is 22.8 Å². The van der Waals surface area contributed by atoms with Gasteiger partial charge in [-0.2, -0.15) is 0 Å². The first-order valence-corrected chi connectivity index (χ1v) is 10.2. The molecule has 0 N–H and O–H groups in total. The number of anilines is 1. The Morgan fingerprint density at radius 2 is 1.83 bits per heavy atom. The average Bonchev–Trinajstić information content (AvgIpc) is 3.06. The normalized spacial score (nSPS) is 15.4. The molecule has 1 saturated heterocycles. The molecule has 0 amide bonds. The van der Waals surface area contributed by atoms with Crippen LogP contribution in [0.2, 0.25) is 5.02 Å². The summed E-state index contributed by atoms with van der Waals surface area (Å²) in [6, 6.07) is 15.7. The number of piperazine rings is 1. The Kier molecular flexibility index (Phi) is 4.73. The van der Waals surface area contributed by atoms with Gasteiger partial charge < -0.3 is 9.32 Å². The molecule has 1 fully saturated rings. The smallest absolute Gasteiger partial charge is 0.408 e. The Morgan fingerprint density at radius 3 is 2.69 bits per heavy atom. The summed E-state index contributed by atoms with van der Waals surface area (Å²) in [6.45, 7) is 5.05. The highest BCUT2D eigenvalue weighted by atomic mass is 35.5. The molecule has 1 aliphatic heterocycles. The summed E-state index contributed by atoms with van der Waals surface area (Å²) in [5.74, 6) is 0.718. The Labute approximate surface area is 172 Å². The molecule has 29 heavy (non-hydrogen) atoms. The van der Waals surface area contributed by atoms with Crippen LogP contribution in [0.1, 0.15) is 0 Å². The van der Waals surface area contributed by atoms with Crippen LogP contribution in [-0.2, 0) is 6.54 Å². The first-order chi connectivity index (χ1) is 14.2. The van der Waals surface area contributed by atoms with Crippen molar-refractivity contribution >= 4 is 39.3 Å². The molecule has 6 nitrogen and oxygen atoms in total. The summed E-state index contributed by atoms with van der Waals surface area (Å²) in [5.41, 5.74) is 1.33. The molecule has 4 aromatic rings. The van der Waals surface area contributed by atoms with Crippen LogP contribution in [0.25, 0.3) is 21.9 Å². The van der Waals surface area contributed by atoms with Crippen molar-refractivity contribution in [1.29, 1.82) is 0 Å². The predicted molar refractivity (Wildman–Crippen MR) is 116 cm³/mol. The highest BCUT2D eigenvalue weighted by Gasteiger charge is 2.20. The fourth-order valence-corrected chi connectivity index (χ4v) is 4.19. The molecule has 0 unspecified atom stereocenters. The Morgan fingerprint density at radius 1 is 1.00 bits per heavy atom. The van der Waals surface area contributed by atoms with Gasteiger partial charge in [0.25, 0.3) is 0 Å².